The van der Waals surface area contributed by atoms with Crippen molar-refractivity contribution >= 4 is 15.9 Å². The normalized spacial score (nSPS) is 24.6. The van der Waals surface area contributed by atoms with E-state index in [1.165, 1.54) is 18.4 Å². The summed E-state index contributed by atoms with van der Waals surface area (Å²) in [7, 11) is 0. The van der Waals surface area contributed by atoms with Crippen molar-refractivity contribution in [3.63, 3.8) is 0 Å². The maximum absolute atomic E-state index is 5.62. The minimum absolute atomic E-state index is 0.480. The van der Waals surface area contributed by atoms with Crippen molar-refractivity contribution in [2.75, 3.05) is 26.3 Å². The van der Waals surface area contributed by atoms with Crippen LogP contribution >= 0.6 is 15.9 Å². The average molecular weight is 326 g/mol. The minimum atomic E-state index is 0.480. The molecule has 2 fully saturated rings. The maximum Gasteiger partial charge on any atom is 0.0635 e. The van der Waals surface area contributed by atoms with Crippen molar-refractivity contribution in [3.05, 3.63) is 28.5 Å². The van der Waals surface area contributed by atoms with Crippen molar-refractivity contribution in [1.82, 2.24) is 15.2 Å². The van der Waals surface area contributed by atoms with Crippen LogP contribution in [0.1, 0.15) is 18.4 Å². The number of nitrogens with zero attached hydrogens (tertiary/aromatic N) is 2. The first-order valence-electron chi connectivity index (χ1n) is 6.96. The number of ether oxygens (including phenoxy) is 1. The summed E-state index contributed by atoms with van der Waals surface area (Å²) in [5.41, 5.74) is 1.26. The van der Waals surface area contributed by atoms with Crippen LogP contribution in [0.5, 0.6) is 0 Å². The molecule has 1 aromatic rings. The monoisotopic (exact) mass is 325 g/mol. The molecule has 4 nitrogen and oxygen atoms in total. The summed E-state index contributed by atoms with van der Waals surface area (Å²) >= 11 is 3.48. The van der Waals surface area contributed by atoms with Crippen LogP contribution in [0.3, 0.4) is 0 Å². The van der Waals surface area contributed by atoms with E-state index in [1.54, 1.807) is 0 Å². The predicted molar refractivity (Wildman–Crippen MR) is 78.0 cm³/mol. The molecule has 3 rings (SSSR count). The molecular formula is C14H20BrN3O. The van der Waals surface area contributed by atoms with Crippen LogP contribution < -0.4 is 5.32 Å². The molecule has 0 aromatic carbocycles. The van der Waals surface area contributed by atoms with Crippen LogP contribution in [-0.4, -0.2) is 48.3 Å². The van der Waals surface area contributed by atoms with Crippen LogP contribution in [0.25, 0.3) is 0 Å². The summed E-state index contributed by atoms with van der Waals surface area (Å²) in [6.45, 7) is 4.66. The van der Waals surface area contributed by atoms with Gasteiger partial charge in [-0.3, -0.25) is 9.88 Å². The molecule has 1 saturated heterocycles. The van der Waals surface area contributed by atoms with E-state index in [0.717, 1.165) is 43.4 Å². The topological polar surface area (TPSA) is 37.4 Å². The molecule has 0 amide bonds. The number of morpholine rings is 1. The number of hydrogen-bond acceptors (Lipinski definition) is 4. The van der Waals surface area contributed by atoms with Gasteiger partial charge in [0.15, 0.2) is 0 Å². The molecule has 2 aliphatic rings. The lowest BCUT2D eigenvalue weighted by Gasteiger charge is -2.35. The van der Waals surface area contributed by atoms with Gasteiger partial charge in [0.2, 0.25) is 0 Å². The molecule has 104 valence electrons. The molecule has 1 atom stereocenters. The summed E-state index contributed by atoms with van der Waals surface area (Å²) in [5.74, 6) is 0. The fourth-order valence-electron chi connectivity index (χ4n) is 2.45. The van der Waals surface area contributed by atoms with Gasteiger partial charge in [-0.1, -0.05) is 0 Å². The second-order valence-corrected chi connectivity index (χ2v) is 6.31. The molecule has 5 heteroatoms. The molecule has 1 unspecified atom stereocenters. The van der Waals surface area contributed by atoms with Crippen molar-refractivity contribution < 1.29 is 4.74 Å². The number of pyridine rings is 1. The Bertz CT molecular complexity index is 425. The number of rotatable bonds is 5. The van der Waals surface area contributed by atoms with E-state index in [1.807, 2.05) is 12.4 Å². The molecule has 1 aliphatic heterocycles. The van der Waals surface area contributed by atoms with Gasteiger partial charge in [0.05, 0.1) is 13.2 Å². The standard InChI is InChI=1S/C14H20BrN3O/c15-12-5-11(6-16-7-12)9-18-3-4-19-10-14(18)8-17-13-1-2-13/h5-7,13-14,17H,1-4,8-10H2. The van der Waals surface area contributed by atoms with E-state index in [4.69, 9.17) is 4.74 Å². The third kappa shape index (κ3) is 3.99. The van der Waals surface area contributed by atoms with Gasteiger partial charge in [-0.05, 0) is 40.4 Å². The van der Waals surface area contributed by atoms with Gasteiger partial charge in [0, 0.05) is 48.6 Å². The summed E-state index contributed by atoms with van der Waals surface area (Å²) in [5, 5.41) is 3.61. The first kappa shape index (κ1) is 13.5. The molecule has 0 bridgehead atoms. The Morgan fingerprint density at radius 3 is 3.11 bits per heavy atom. The first-order valence-corrected chi connectivity index (χ1v) is 7.75. The zero-order valence-corrected chi connectivity index (χ0v) is 12.6. The highest BCUT2D eigenvalue weighted by molar-refractivity contribution is 9.10. The Morgan fingerprint density at radius 2 is 2.32 bits per heavy atom. The summed E-state index contributed by atoms with van der Waals surface area (Å²) < 4.78 is 6.67. The van der Waals surface area contributed by atoms with E-state index in [-0.39, 0.29) is 0 Å². The summed E-state index contributed by atoms with van der Waals surface area (Å²) in [4.78, 5) is 6.74. The lowest BCUT2D eigenvalue weighted by molar-refractivity contribution is -0.0111. The number of hydrogen-bond donors (Lipinski definition) is 1. The van der Waals surface area contributed by atoms with E-state index in [0.29, 0.717) is 6.04 Å². The number of nitrogens with one attached hydrogen (secondary N) is 1. The molecule has 1 aliphatic carbocycles. The average Bonchev–Trinajstić information content (AvgIpc) is 3.22. The van der Waals surface area contributed by atoms with E-state index in [2.05, 4.69) is 37.2 Å². The fourth-order valence-corrected chi connectivity index (χ4v) is 2.86. The third-order valence-corrected chi connectivity index (χ3v) is 4.15. The third-order valence-electron chi connectivity index (χ3n) is 3.72. The minimum Gasteiger partial charge on any atom is -0.378 e. The SMILES string of the molecule is Brc1cncc(CN2CCOCC2CNC2CC2)c1. The van der Waals surface area contributed by atoms with Crippen LogP contribution in [-0.2, 0) is 11.3 Å². The summed E-state index contributed by atoms with van der Waals surface area (Å²) in [6, 6.07) is 3.39. The zero-order chi connectivity index (χ0) is 13.1. The lowest BCUT2D eigenvalue weighted by atomic mass is 10.2. The Balaban J connectivity index is 1.59. The Labute approximate surface area is 122 Å². The van der Waals surface area contributed by atoms with Crippen molar-refractivity contribution in [2.45, 2.75) is 31.5 Å². The predicted octanol–water partition coefficient (Wildman–Crippen LogP) is 1.80. The van der Waals surface area contributed by atoms with Gasteiger partial charge in [0.1, 0.15) is 0 Å². The van der Waals surface area contributed by atoms with E-state index < -0.39 is 0 Å². The highest BCUT2D eigenvalue weighted by Gasteiger charge is 2.26. The molecular weight excluding hydrogens is 306 g/mol. The Morgan fingerprint density at radius 1 is 1.42 bits per heavy atom. The van der Waals surface area contributed by atoms with Gasteiger partial charge in [0.25, 0.3) is 0 Å². The maximum atomic E-state index is 5.62. The van der Waals surface area contributed by atoms with Crippen molar-refractivity contribution in [3.8, 4) is 0 Å². The second-order valence-electron chi connectivity index (χ2n) is 5.39. The largest absolute Gasteiger partial charge is 0.378 e. The van der Waals surface area contributed by atoms with Gasteiger partial charge in [-0.2, -0.15) is 0 Å². The van der Waals surface area contributed by atoms with Gasteiger partial charge >= 0.3 is 0 Å². The Kier molecular flexibility index (Phi) is 4.48. The smallest absolute Gasteiger partial charge is 0.0635 e. The van der Waals surface area contributed by atoms with Crippen molar-refractivity contribution in [2.24, 2.45) is 0 Å². The van der Waals surface area contributed by atoms with E-state index >= 15 is 0 Å². The zero-order valence-electron chi connectivity index (χ0n) is 11.0. The highest BCUT2D eigenvalue weighted by Crippen LogP contribution is 2.20. The van der Waals surface area contributed by atoms with Crippen LogP contribution in [0, 0.1) is 0 Å². The molecule has 19 heavy (non-hydrogen) atoms. The molecule has 2 heterocycles. The van der Waals surface area contributed by atoms with Gasteiger partial charge in [-0.15, -0.1) is 0 Å². The van der Waals surface area contributed by atoms with Gasteiger partial charge < -0.3 is 10.1 Å². The molecule has 1 N–H and O–H groups in total. The fraction of sp³-hybridized carbons (Fsp3) is 0.643. The van der Waals surface area contributed by atoms with Crippen LogP contribution in [0.15, 0.2) is 22.9 Å². The molecule has 1 saturated carbocycles. The first-order chi connectivity index (χ1) is 9.31. The van der Waals surface area contributed by atoms with Crippen LogP contribution in [0.2, 0.25) is 0 Å². The highest BCUT2D eigenvalue weighted by atomic mass is 79.9. The lowest BCUT2D eigenvalue weighted by Crippen LogP contribution is -2.50. The van der Waals surface area contributed by atoms with Gasteiger partial charge in [-0.25, -0.2) is 0 Å². The quantitative estimate of drug-likeness (QED) is 0.895. The van der Waals surface area contributed by atoms with Crippen molar-refractivity contribution in [1.29, 1.82) is 0 Å². The number of halogens is 1. The number of aromatic nitrogens is 1. The van der Waals surface area contributed by atoms with E-state index in [9.17, 15) is 0 Å². The summed E-state index contributed by atoms with van der Waals surface area (Å²) in [6.07, 6.45) is 6.45. The van der Waals surface area contributed by atoms with Crippen LogP contribution in [0.4, 0.5) is 0 Å². The molecule has 0 radical (unpaired) electrons. The Hall–Kier alpha value is -0.490. The molecule has 1 aromatic heterocycles. The second kappa shape index (κ2) is 6.31. The molecule has 0 spiro atoms.